The molecule has 2 N–H and O–H groups in total. The van der Waals surface area contributed by atoms with Gasteiger partial charge >= 0.3 is 0 Å². The zero-order valence-corrected chi connectivity index (χ0v) is 13.2. The molecular formula is C16H17N3O2S. The summed E-state index contributed by atoms with van der Waals surface area (Å²) in [5, 5.41) is 17.4. The summed E-state index contributed by atoms with van der Waals surface area (Å²) < 4.78 is 0. The maximum absolute atomic E-state index is 11.0. The highest BCUT2D eigenvalue weighted by atomic mass is 32.1. The van der Waals surface area contributed by atoms with Crippen LogP contribution in [0.4, 0.5) is 17.1 Å². The van der Waals surface area contributed by atoms with Gasteiger partial charge < -0.3 is 10.6 Å². The number of hydrogen-bond donors (Lipinski definition) is 2. The van der Waals surface area contributed by atoms with Crippen molar-refractivity contribution in [3.05, 3.63) is 63.7 Å². The maximum Gasteiger partial charge on any atom is 0.274 e. The van der Waals surface area contributed by atoms with Gasteiger partial charge in [-0.15, -0.1) is 0 Å². The Bertz CT molecular complexity index is 716. The highest BCUT2D eigenvalue weighted by Gasteiger charge is 2.11. The summed E-state index contributed by atoms with van der Waals surface area (Å²) in [5.74, 6) is 0. The standard InChI is InChI=1S/C16H17N3O2S/c1-3-12-5-4-6-13(9-12)17-16(22)18-14-8-7-11(2)15(10-14)19(20)21/h4-10H,3H2,1-2H3,(H2,17,18,22). The van der Waals surface area contributed by atoms with Crippen LogP contribution in [0.25, 0.3) is 0 Å². The number of rotatable bonds is 4. The van der Waals surface area contributed by atoms with Crippen molar-refractivity contribution in [2.45, 2.75) is 20.3 Å². The van der Waals surface area contributed by atoms with Crippen LogP contribution in [0.5, 0.6) is 0 Å². The van der Waals surface area contributed by atoms with E-state index in [1.165, 1.54) is 11.6 Å². The highest BCUT2D eigenvalue weighted by molar-refractivity contribution is 7.80. The Balaban J connectivity index is 2.08. The van der Waals surface area contributed by atoms with Crippen molar-refractivity contribution in [1.29, 1.82) is 0 Å². The van der Waals surface area contributed by atoms with E-state index in [1.807, 2.05) is 24.3 Å². The molecule has 6 heteroatoms. The minimum atomic E-state index is -0.401. The van der Waals surface area contributed by atoms with Gasteiger partial charge in [-0.25, -0.2) is 0 Å². The molecule has 2 aromatic carbocycles. The van der Waals surface area contributed by atoms with Crippen LogP contribution < -0.4 is 10.6 Å². The summed E-state index contributed by atoms with van der Waals surface area (Å²) in [7, 11) is 0. The van der Waals surface area contributed by atoms with Gasteiger partial charge in [0, 0.05) is 23.0 Å². The van der Waals surface area contributed by atoms with Crippen molar-refractivity contribution in [3.8, 4) is 0 Å². The van der Waals surface area contributed by atoms with Gasteiger partial charge in [-0.2, -0.15) is 0 Å². The predicted molar refractivity (Wildman–Crippen MR) is 93.5 cm³/mol. The van der Waals surface area contributed by atoms with Crippen molar-refractivity contribution >= 4 is 34.4 Å². The molecule has 0 spiro atoms. The first-order chi connectivity index (χ1) is 10.5. The molecule has 0 saturated carbocycles. The third-order valence-electron chi connectivity index (χ3n) is 3.26. The van der Waals surface area contributed by atoms with E-state index in [-0.39, 0.29) is 5.69 Å². The summed E-state index contributed by atoms with van der Waals surface area (Å²) in [4.78, 5) is 10.5. The second-order valence-electron chi connectivity index (χ2n) is 4.89. The molecule has 114 valence electrons. The third kappa shape index (κ3) is 4.02. The summed E-state index contributed by atoms with van der Waals surface area (Å²) in [5.41, 5.74) is 3.37. The molecule has 2 rings (SSSR count). The smallest absolute Gasteiger partial charge is 0.274 e. The molecule has 2 aromatic rings. The number of aryl methyl sites for hydroxylation is 2. The fourth-order valence-electron chi connectivity index (χ4n) is 2.05. The Hall–Kier alpha value is -2.47. The first kappa shape index (κ1) is 15.9. The van der Waals surface area contributed by atoms with Crippen LogP contribution in [-0.2, 0) is 6.42 Å². The molecule has 0 bridgehead atoms. The number of nitro groups is 1. The molecule has 0 unspecified atom stereocenters. The molecular weight excluding hydrogens is 298 g/mol. The monoisotopic (exact) mass is 315 g/mol. The second-order valence-corrected chi connectivity index (χ2v) is 5.30. The van der Waals surface area contributed by atoms with E-state index in [4.69, 9.17) is 12.2 Å². The SMILES string of the molecule is CCc1cccc(NC(=S)Nc2ccc(C)c([N+](=O)[O-])c2)c1. The predicted octanol–water partition coefficient (Wildman–Crippen LogP) is 4.27. The summed E-state index contributed by atoms with van der Waals surface area (Å²) in [6.45, 7) is 3.79. The zero-order chi connectivity index (χ0) is 16.1. The average Bonchev–Trinajstić information content (AvgIpc) is 2.49. The molecule has 0 aliphatic heterocycles. The first-order valence-electron chi connectivity index (χ1n) is 6.91. The van der Waals surface area contributed by atoms with Crippen molar-refractivity contribution in [3.63, 3.8) is 0 Å². The number of anilines is 2. The average molecular weight is 315 g/mol. The molecule has 0 fully saturated rings. The number of nitrogens with one attached hydrogen (secondary N) is 2. The van der Waals surface area contributed by atoms with Crippen LogP contribution in [-0.4, -0.2) is 10.0 Å². The van der Waals surface area contributed by atoms with E-state index in [0.29, 0.717) is 16.4 Å². The number of nitro benzene ring substituents is 1. The molecule has 0 aromatic heterocycles. The number of nitrogens with zero attached hydrogens (tertiary/aromatic N) is 1. The van der Waals surface area contributed by atoms with E-state index in [2.05, 4.69) is 17.6 Å². The Morgan fingerprint density at radius 3 is 2.50 bits per heavy atom. The quantitative estimate of drug-likeness (QED) is 0.501. The lowest BCUT2D eigenvalue weighted by Crippen LogP contribution is -2.19. The van der Waals surface area contributed by atoms with Gasteiger partial charge in [0.1, 0.15) is 0 Å². The van der Waals surface area contributed by atoms with Gasteiger partial charge in [0.05, 0.1) is 4.92 Å². The number of benzene rings is 2. The fraction of sp³-hybridized carbons (Fsp3) is 0.188. The van der Waals surface area contributed by atoms with Crippen molar-refractivity contribution < 1.29 is 4.92 Å². The van der Waals surface area contributed by atoms with Crippen LogP contribution in [0, 0.1) is 17.0 Å². The molecule has 0 radical (unpaired) electrons. The lowest BCUT2D eigenvalue weighted by atomic mass is 10.1. The normalized spacial score (nSPS) is 10.1. The van der Waals surface area contributed by atoms with Crippen LogP contribution in [0.3, 0.4) is 0 Å². The summed E-state index contributed by atoms with van der Waals surface area (Å²) in [6, 6.07) is 12.9. The van der Waals surface area contributed by atoms with Gasteiger partial charge in [0.25, 0.3) is 5.69 Å². The second kappa shape index (κ2) is 7.00. The van der Waals surface area contributed by atoms with Gasteiger partial charge in [-0.05, 0) is 49.3 Å². The van der Waals surface area contributed by atoms with Gasteiger partial charge in [-0.1, -0.05) is 25.1 Å². The van der Waals surface area contributed by atoms with E-state index in [0.717, 1.165) is 12.1 Å². The molecule has 5 nitrogen and oxygen atoms in total. The van der Waals surface area contributed by atoms with Crippen LogP contribution in [0.1, 0.15) is 18.1 Å². The van der Waals surface area contributed by atoms with Crippen LogP contribution in [0.2, 0.25) is 0 Å². The molecule has 0 aliphatic rings. The number of hydrogen-bond acceptors (Lipinski definition) is 3. The van der Waals surface area contributed by atoms with E-state index in [9.17, 15) is 10.1 Å². The first-order valence-corrected chi connectivity index (χ1v) is 7.32. The summed E-state index contributed by atoms with van der Waals surface area (Å²) in [6.07, 6.45) is 0.944. The van der Waals surface area contributed by atoms with E-state index < -0.39 is 4.92 Å². The minimum absolute atomic E-state index is 0.0702. The van der Waals surface area contributed by atoms with Crippen LogP contribution in [0.15, 0.2) is 42.5 Å². The number of thiocarbonyl (C=S) groups is 1. The summed E-state index contributed by atoms with van der Waals surface area (Å²) >= 11 is 5.25. The minimum Gasteiger partial charge on any atom is -0.332 e. The Labute approximate surface area is 134 Å². The van der Waals surface area contributed by atoms with Gasteiger partial charge in [-0.3, -0.25) is 10.1 Å². The van der Waals surface area contributed by atoms with Gasteiger partial charge in [0.2, 0.25) is 0 Å². The highest BCUT2D eigenvalue weighted by Crippen LogP contribution is 2.22. The fourth-order valence-corrected chi connectivity index (χ4v) is 2.28. The molecule has 0 atom stereocenters. The molecule has 0 aliphatic carbocycles. The Morgan fingerprint density at radius 1 is 1.18 bits per heavy atom. The Kier molecular flexibility index (Phi) is 5.06. The third-order valence-corrected chi connectivity index (χ3v) is 3.46. The van der Waals surface area contributed by atoms with Crippen molar-refractivity contribution in [2.75, 3.05) is 10.6 Å². The van der Waals surface area contributed by atoms with Gasteiger partial charge in [0.15, 0.2) is 5.11 Å². The molecule has 0 saturated heterocycles. The maximum atomic E-state index is 11.0. The molecule has 22 heavy (non-hydrogen) atoms. The lowest BCUT2D eigenvalue weighted by molar-refractivity contribution is -0.385. The topological polar surface area (TPSA) is 67.2 Å². The zero-order valence-electron chi connectivity index (χ0n) is 12.4. The largest absolute Gasteiger partial charge is 0.332 e. The van der Waals surface area contributed by atoms with Crippen LogP contribution >= 0.6 is 12.2 Å². The van der Waals surface area contributed by atoms with Crippen molar-refractivity contribution in [2.24, 2.45) is 0 Å². The molecule has 0 amide bonds. The molecule has 0 heterocycles. The van der Waals surface area contributed by atoms with Crippen molar-refractivity contribution in [1.82, 2.24) is 0 Å². The van der Waals surface area contributed by atoms with E-state index >= 15 is 0 Å². The van der Waals surface area contributed by atoms with E-state index in [1.54, 1.807) is 19.1 Å². The lowest BCUT2D eigenvalue weighted by Gasteiger charge is -2.11. The Morgan fingerprint density at radius 2 is 1.86 bits per heavy atom.